The first-order valence-corrected chi connectivity index (χ1v) is 13.4. The number of rotatable bonds is 8. The van der Waals surface area contributed by atoms with Gasteiger partial charge in [0.2, 0.25) is 15.9 Å². The summed E-state index contributed by atoms with van der Waals surface area (Å²) in [7, 11) is -2.49. The summed E-state index contributed by atoms with van der Waals surface area (Å²) in [6.07, 6.45) is 0.679. The molecule has 0 N–H and O–H groups in total. The summed E-state index contributed by atoms with van der Waals surface area (Å²) in [5.41, 5.74) is 1.76. The van der Waals surface area contributed by atoms with Crippen LogP contribution in [-0.4, -0.2) is 56.9 Å². The van der Waals surface area contributed by atoms with Crippen LogP contribution in [0.25, 0.3) is 0 Å². The van der Waals surface area contributed by atoms with Crippen molar-refractivity contribution >= 4 is 38.9 Å². The van der Waals surface area contributed by atoms with Crippen LogP contribution < -0.4 is 0 Å². The molecule has 1 unspecified atom stereocenters. The van der Waals surface area contributed by atoms with Crippen molar-refractivity contribution in [2.24, 2.45) is 0 Å². The summed E-state index contributed by atoms with van der Waals surface area (Å²) < 4.78 is 46.5. The van der Waals surface area contributed by atoms with E-state index < -0.39 is 16.1 Å². The molecule has 0 fully saturated rings. The van der Waals surface area contributed by atoms with Gasteiger partial charge >= 0.3 is 0 Å². The molecular weight excluding hydrogens is 499 g/mol. The van der Waals surface area contributed by atoms with Crippen molar-refractivity contribution in [3.8, 4) is 0 Å². The molecular formula is C24H24ClFN2O4S2. The van der Waals surface area contributed by atoms with Crippen LogP contribution in [0.3, 0.4) is 0 Å². The molecule has 1 amide bonds. The van der Waals surface area contributed by atoms with Crippen LogP contribution in [0.15, 0.2) is 64.9 Å². The topological polar surface area (TPSA) is 66.9 Å². The summed E-state index contributed by atoms with van der Waals surface area (Å²) in [4.78, 5) is 16.5. The molecule has 10 heteroatoms. The summed E-state index contributed by atoms with van der Waals surface area (Å²) in [5.74, 6) is -0.692. The highest BCUT2D eigenvalue weighted by Gasteiger charge is 2.35. The number of carbonyl (C=O) groups is 1. The maximum absolute atomic E-state index is 13.6. The third kappa shape index (κ3) is 5.18. The Hall–Kier alpha value is -2.30. The molecule has 2 heterocycles. The maximum atomic E-state index is 13.6. The number of thiophene rings is 1. The van der Waals surface area contributed by atoms with Crippen molar-refractivity contribution in [2.75, 3.05) is 33.4 Å². The fraction of sp³-hybridized carbons (Fsp3) is 0.292. The minimum atomic E-state index is -3.96. The zero-order valence-electron chi connectivity index (χ0n) is 18.5. The number of methoxy groups -OCH3 is 1. The van der Waals surface area contributed by atoms with E-state index in [9.17, 15) is 17.6 Å². The highest BCUT2D eigenvalue weighted by molar-refractivity contribution is 7.89. The summed E-state index contributed by atoms with van der Waals surface area (Å²) in [6, 6.07) is 13.5. The van der Waals surface area contributed by atoms with Crippen LogP contribution in [0.2, 0.25) is 5.02 Å². The zero-order valence-corrected chi connectivity index (χ0v) is 20.9. The Bertz CT molecular complexity index is 1250. The first kappa shape index (κ1) is 24.8. The maximum Gasteiger partial charge on any atom is 0.243 e. The van der Waals surface area contributed by atoms with Crippen LogP contribution >= 0.6 is 22.9 Å². The number of nitrogens with zero attached hydrogens (tertiary/aromatic N) is 2. The lowest BCUT2D eigenvalue weighted by Crippen LogP contribution is -2.47. The molecule has 0 saturated carbocycles. The van der Waals surface area contributed by atoms with Crippen molar-refractivity contribution in [3.63, 3.8) is 0 Å². The lowest BCUT2D eigenvalue weighted by Gasteiger charge is -2.37. The summed E-state index contributed by atoms with van der Waals surface area (Å²) in [6.45, 7) is 0.251. The normalized spacial score (nSPS) is 16.0. The molecule has 2 aromatic carbocycles. The molecule has 1 aliphatic heterocycles. The lowest BCUT2D eigenvalue weighted by atomic mass is 9.93. The minimum Gasteiger partial charge on any atom is -0.383 e. The average molecular weight is 523 g/mol. The number of carbonyl (C=O) groups excluding carboxylic acids is 1. The molecule has 6 nitrogen and oxygen atoms in total. The molecule has 0 saturated heterocycles. The Morgan fingerprint density at radius 3 is 2.56 bits per heavy atom. The number of benzene rings is 2. The van der Waals surface area contributed by atoms with Gasteiger partial charge in [0.15, 0.2) is 0 Å². The molecule has 0 spiro atoms. The van der Waals surface area contributed by atoms with E-state index in [4.69, 9.17) is 16.3 Å². The van der Waals surface area contributed by atoms with Crippen molar-refractivity contribution in [1.29, 1.82) is 0 Å². The monoisotopic (exact) mass is 522 g/mol. The van der Waals surface area contributed by atoms with Gasteiger partial charge in [0, 0.05) is 30.1 Å². The van der Waals surface area contributed by atoms with Gasteiger partial charge < -0.3 is 9.64 Å². The zero-order chi connectivity index (χ0) is 24.3. The van der Waals surface area contributed by atoms with Gasteiger partial charge in [-0.1, -0.05) is 23.7 Å². The van der Waals surface area contributed by atoms with E-state index in [1.54, 1.807) is 28.4 Å². The third-order valence-corrected chi connectivity index (χ3v) is 8.89. The standard InChI is InChI=1S/C24H24ClFN2O4S2/c1-32-14-13-27(34(30,31)20-8-4-18(25)5-9-20)16-23(29)28-12-10-22-21(11-15-33-22)24(28)17-2-6-19(26)7-3-17/h2-9,11,15,24H,10,12-14,16H2,1H3. The molecule has 0 radical (unpaired) electrons. The van der Waals surface area contributed by atoms with Gasteiger partial charge in [0.1, 0.15) is 5.82 Å². The first-order chi connectivity index (χ1) is 16.3. The average Bonchev–Trinajstić information content (AvgIpc) is 3.31. The van der Waals surface area contributed by atoms with Gasteiger partial charge in [0.05, 0.1) is 24.1 Å². The quantitative estimate of drug-likeness (QED) is 0.441. The molecule has 1 aromatic heterocycles. The molecule has 180 valence electrons. The molecule has 3 aromatic rings. The predicted octanol–water partition coefficient (Wildman–Crippen LogP) is 4.35. The van der Waals surface area contributed by atoms with Gasteiger partial charge in [-0.15, -0.1) is 11.3 Å². The number of fused-ring (bicyclic) bond motifs is 1. The third-order valence-electron chi connectivity index (χ3n) is 5.78. The Balaban J connectivity index is 1.64. The van der Waals surface area contributed by atoms with Gasteiger partial charge in [-0.2, -0.15) is 4.31 Å². The van der Waals surface area contributed by atoms with E-state index in [2.05, 4.69) is 0 Å². The lowest BCUT2D eigenvalue weighted by molar-refractivity contribution is -0.133. The van der Waals surface area contributed by atoms with E-state index in [-0.39, 0.29) is 36.3 Å². The van der Waals surface area contributed by atoms with Crippen molar-refractivity contribution in [2.45, 2.75) is 17.4 Å². The fourth-order valence-corrected chi connectivity index (χ4v) is 6.47. The largest absolute Gasteiger partial charge is 0.383 e. The Kier molecular flexibility index (Phi) is 7.69. The Labute approximate surface area is 207 Å². The van der Waals surface area contributed by atoms with Crippen LogP contribution in [-0.2, 0) is 26.0 Å². The number of sulfonamides is 1. The molecule has 0 bridgehead atoms. The number of amides is 1. The van der Waals surface area contributed by atoms with Gasteiger partial charge in [-0.3, -0.25) is 4.79 Å². The van der Waals surface area contributed by atoms with E-state index >= 15 is 0 Å². The van der Waals surface area contributed by atoms with Gasteiger partial charge in [-0.25, -0.2) is 12.8 Å². The first-order valence-electron chi connectivity index (χ1n) is 10.7. The molecule has 4 rings (SSSR count). The number of ether oxygens (including phenoxy) is 1. The predicted molar refractivity (Wildman–Crippen MR) is 130 cm³/mol. The van der Waals surface area contributed by atoms with E-state index in [1.165, 1.54) is 48.4 Å². The summed E-state index contributed by atoms with van der Waals surface area (Å²) in [5, 5.41) is 2.39. The molecule has 0 aliphatic carbocycles. The molecule has 34 heavy (non-hydrogen) atoms. The van der Waals surface area contributed by atoms with Crippen molar-refractivity contribution < 1.29 is 22.3 Å². The van der Waals surface area contributed by atoms with Crippen molar-refractivity contribution in [1.82, 2.24) is 9.21 Å². The number of hydrogen-bond acceptors (Lipinski definition) is 5. The van der Waals surface area contributed by atoms with Gasteiger partial charge in [-0.05, 0) is 65.4 Å². The van der Waals surface area contributed by atoms with Crippen LogP contribution in [0.1, 0.15) is 22.0 Å². The van der Waals surface area contributed by atoms with E-state index in [1.807, 2.05) is 11.4 Å². The van der Waals surface area contributed by atoms with E-state index in [0.717, 1.165) is 15.4 Å². The fourth-order valence-electron chi connectivity index (χ4n) is 4.06. The smallest absolute Gasteiger partial charge is 0.243 e. The minimum absolute atomic E-state index is 0.0198. The molecule has 1 aliphatic rings. The highest BCUT2D eigenvalue weighted by Crippen LogP contribution is 2.38. The second-order valence-electron chi connectivity index (χ2n) is 7.88. The van der Waals surface area contributed by atoms with Gasteiger partial charge in [0.25, 0.3) is 0 Å². The van der Waals surface area contributed by atoms with Crippen LogP contribution in [0.5, 0.6) is 0 Å². The van der Waals surface area contributed by atoms with E-state index in [0.29, 0.717) is 18.0 Å². The van der Waals surface area contributed by atoms with Crippen LogP contribution in [0.4, 0.5) is 4.39 Å². The number of halogens is 2. The van der Waals surface area contributed by atoms with Crippen LogP contribution in [0, 0.1) is 5.82 Å². The SMILES string of the molecule is COCCN(CC(=O)N1CCc2sccc2C1c1ccc(F)cc1)S(=O)(=O)c1ccc(Cl)cc1. The number of hydrogen-bond donors (Lipinski definition) is 0. The highest BCUT2D eigenvalue weighted by atomic mass is 35.5. The Morgan fingerprint density at radius 2 is 1.88 bits per heavy atom. The molecule has 1 atom stereocenters. The summed E-state index contributed by atoms with van der Waals surface area (Å²) >= 11 is 7.54. The van der Waals surface area contributed by atoms with Crippen molar-refractivity contribution in [3.05, 3.63) is 86.8 Å². The second kappa shape index (κ2) is 10.5. The Morgan fingerprint density at radius 1 is 1.18 bits per heavy atom. The second-order valence-corrected chi connectivity index (χ2v) is 11.3.